The molecule has 0 aromatic heterocycles. The molecule has 1 amide bonds. The zero-order valence-corrected chi connectivity index (χ0v) is 9.68. The van der Waals surface area contributed by atoms with Crippen LogP contribution in [0.2, 0.25) is 0 Å². The van der Waals surface area contributed by atoms with Crippen molar-refractivity contribution in [1.82, 2.24) is 5.32 Å². The molecule has 0 radical (unpaired) electrons. The van der Waals surface area contributed by atoms with Crippen LogP contribution in [0, 0.1) is 0 Å². The fourth-order valence-electron chi connectivity index (χ4n) is 1.75. The molecule has 0 bridgehead atoms. The Labute approximate surface area is 93.9 Å². The molecule has 2 heterocycles. The van der Waals surface area contributed by atoms with E-state index in [1.54, 1.807) is 0 Å². The van der Waals surface area contributed by atoms with Crippen LogP contribution in [0.1, 0.15) is 19.8 Å². The van der Waals surface area contributed by atoms with Gasteiger partial charge in [-0.1, -0.05) is 13.3 Å². The molecule has 0 saturated carbocycles. The average molecular weight is 228 g/mol. The molecule has 1 saturated heterocycles. The number of nitrogens with zero attached hydrogens (tertiary/aromatic N) is 1. The Morgan fingerprint density at radius 2 is 2.53 bits per heavy atom. The van der Waals surface area contributed by atoms with Gasteiger partial charge in [0.25, 0.3) is 0 Å². The summed E-state index contributed by atoms with van der Waals surface area (Å²) in [6.07, 6.45) is 1.80. The minimum Gasteiger partial charge on any atom is -0.369 e. The molecule has 0 aromatic carbocycles. The zero-order chi connectivity index (χ0) is 10.7. The Morgan fingerprint density at radius 3 is 3.20 bits per heavy atom. The number of hydrogen-bond donors (Lipinski definition) is 1. The lowest BCUT2D eigenvalue weighted by Gasteiger charge is -2.21. The van der Waals surface area contributed by atoms with Gasteiger partial charge >= 0.3 is 0 Å². The average Bonchev–Trinajstić information content (AvgIpc) is 2.63. The summed E-state index contributed by atoms with van der Waals surface area (Å²) >= 11 is 1.85. The lowest BCUT2D eigenvalue weighted by atomic mass is 10.2. The Bertz CT molecular complexity index is 275. The van der Waals surface area contributed by atoms with E-state index < -0.39 is 0 Å². The van der Waals surface area contributed by atoms with Crippen molar-refractivity contribution in [2.45, 2.75) is 31.9 Å². The van der Waals surface area contributed by atoms with Crippen LogP contribution in [0.25, 0.3) is 0 Å². The Kier molecular flexibility index (Phi) is 3.64. The number of aliphatic imine (C=N–C) groups is 1. The zero-order valence-electron chi connectivity index (χ0n) is 8.86. The predicted molar refractivity (Wildman–Crippen MR) is 61.3 cm³/mol. The number of carbonyl (C=O) groups is 1. The summed E-state index contributed by atoms with van der Waals surface area (Å²) in [6, 6.07) is -0.180. The summed E-state index contributed by atoms with van der Waals surface area (Å²) in [5.74, 6) is 2.71. The van der Waals surface area contributed by atoms with Gasteiger partial charge in [0.1, 0.15) is 18.0 Å². The largest absolute Gasteiger partial charge is 0.369 e. The van der Waals surface area contributed by atoms with Gasteiger partial charge in [0.15, 0.2) is 0 Å². The van der Waals surface area contributed by atoms with Crippen molar-refractivity contribution >= 4 is 23.5 Å². The van der Waals surface area contributed by atoms with Crippen LogP contribution in [-0.2, 0) is 9.53 Å². The molecule has 2 unspecified atom stereocenters. The highest BCUT2D eigenvalue weighted by atomic mass is 32.2. The molecule has 2 atom stereocenters. The van der Waals surface area contributed by atoms with Gasteiger partial charge in [0.05, 0.1) is 6.61 Å². The first-order valence-electron chi connectivity index (χ1n) is 5.39. The molecular formula is C10H16N2O2S. The number of rotatable bonds is 3. The maximum atomic E-state index is 11.5. The molecule has 1 N–H and O–H groups in total. The smallest absolute Gasteiger partial charge is 0.250 e. The lowest BCUT2D eigenvalue weighted by Crippen LogP contribution is -2.40. The molecule has 2 rings (SSSR count). The van der Waals surface area contributed by atoms with E-state index in [4.69, 9.17) is 4.74 Å². The normalized spacial score (nSPS) is 31.3. The van der Waals surface area contributed by atoms with Crippen molar-refractivity contribution in [3.05, 3.63) is 0 Å². The van der Waals surface area contributed by atoms with Crippen LogP contribution in [0.4, 0.5) is 0 Å². The van der Waals surface area contributed by atoms with Crippen LogP contribution in [-0.4, -0.2) is 42.0 Å². The summed E-state index contributed by atoms with van der Waals surface area (Å²) in [5, 5.41) is 2.83. The molecule has 0 aliphatic carbocycles. The van der Waals surface area contributed by atoms with Gasteiger partial charge in [-0.25, -0.2) is 0 Å². The van der Waals surface area contributed by atoms with E-state index in [0.29, 0.717) is 0 Å². The highest BCUT2D eigenvalue weighted by molar-refractivity contribution is 7.99. The molecule has 84 valence electrons. The van der Waals surface area contributed by atoms with Gasteiger partial charge in [-0.3, -0.25) is 9.79 Å². The molecule has 0 aromatic rings. The maximum Gasteiger partial charge on any atom is 0.250 e. The van der Waals surface area contributed by atoms with Crippen LogP contribution < -0.4 is 5.32 Å². The number of amides is 1. The van der Waals surface area contributed by atoms with Crippen molar-refractivity contribution < 1.29 is 9.53 Å². The fraction of sp³-hybridized carbons (Fsp3) is 0.800. The van der Waals surface area contributed by atoms with Gasteiger partial charge in [-0.05, 0) is 6.42 Å². The third-order valence-electron chi connectivity index (χ3n) is 2.53. The molecule has 0 spiro atoms. The van der Waals surface area contributed by atoms with Crippen molar-refractivity contribution in [2.24, 2.45) is 4.99 Å². The van der Waals surface area contributed by atoms with E-state index in [2.05, 4.69) is 17.2 Å². The van der Waals surface area contributed by atoms with Crippen molar-refractivity contribution in [3.8, 4) is 0 Å². The highest BCUT2D eigenvalue weighted by Gasteiger charge is 2.31. The van der Waals surface area contributed by atoms with E-state index in [0.717, 1.165) is 36.8 Å². The number of carbonyl (C=O) groups excluding carboxylic acids is 1. The molecule has 1 fully saturated rings. The van der Waals surface area contributed by atoms with E-state index in [1.165, 1.54) is 0 Å². The number of hydrogen-bond acceptors (Lipinski definition) is 4. The minimum atomic E-state index is -0.180. The SMILES string of the molecule is CCCC1N=C(C2CSCCO2)NC1=O. The van der Waals surface area contributed by atoms with Crippen LogP contribution >= 0.6 is 11.8 Å². The van der Waals surface area contributed by atoms with Crippen molar-refractivity contribution in [2.75, 3.05) is 18.1 Å². The Balaban J connectivity index is 1.97. The van der Waals surface area contributed by atoms with Crippen molar-refractivity contribution in [1.29, 1.82) is 0 Å². The summed E-state index contributed by atoms with van der Waals surface area (Å²) in [6.45, 7) is 2.82. The van der Waals surface area contributed by atoms with Gasteiger partial charge in [-0.2, -0.15) is 11.8 Å². The first-order chi connectivity index (χ1) is 7.31. The molecule has 5 heteroatoms. The molecule has 4 nitrogen and oxygen atoms in total. The number of thioether (sulfide) groups is 1. The molecule has 2 aliphatic heterocycles. The van der Waals surface area contributed by atoms with Crippen LogP contribution in [0.5, 0.6) is 0 Å². The minimum absolute atomic E-state index is 0.00504. The van der Waals surface area contributed by atoms with Crippen LogP contribution in [0.15, 0.2) is 4.99 Å². The van der Waals surface area contributed by atoms with Crippen molar-refractivity contribution in [3.63, 3.8) is 0 Å². The first-order valence-corrected chi connectivity index (χ1v) is 6.54. The number of ether oxygens (including phenoxy) is 1. The summed E-state index contributed by atoms with van der Waals surface area (Å²) in [4.78, 5) is 15.9. The second-order valence-corrected chi connectivity index (χ2v) is 4.89. The molecular weight excluding hydrogens is 212 g/mol. The number of amidine groups is 1. The maximum absolute atomic E-state index is 11.5. The standard InChI is InChI=1S/C10H16N2O2S/c1-2-3-7-10(13)12-9(11-7)8-6-15-5-4-14-8/h7-8H,2-6H2,1H3,(H,11,12,13). The quantitative estimate of drug-likeness (QED) is 0.778. The van der Waals surface area contributed by atoms with Gasteiger partial charge in [0.2, 0.25) is 5.91 Å². The highest BCUT2D eigenvalue weighted by Crippen LogP contribution is 2.17. The summed E-state index contributed by atoms with van der Waals surface area (Å²) in [7, 11) is 0. The second kappa shape index (κ2) is 4.99. The van der Waals surface area contributed by atoms with Gasteiger partial charge in [-0.15, -0.1) is 0 Å². The molecule has 15 heavy (non-hydrogen) atoms. The topological polar surface area (TPSA) is 50.7 Å². The van der Waals surface area contributed by atoms with E-state index in [1.807, 2.05) is 11.8 Å². The second-order valence-electron chi connectivity index (χ2n) is 3.74. The monoisotopic (exact) mass is 228 g/mol. The van der Waals surface area contributed by atoms with Crippen LogP contribution in [0.3, 0.4) is 0 Å². The van der Waals surface area contributed by atoms with E-state index in [-0.39, 0.29) is 18.1 Å². The predicted octanol–water partition coefficient (Wildman–Crippen LogP) is 0.815. The summed E-state index contributed by atoms with van der Waals surface area (Å²) < 4.78 is 5.57. The van der Waals surface area contributed by atoms with E-state index in [9.17, 15) is 4.79 Å². The Hall–Kier alpha value is -0.550. The van der Waals surface area contributed by atoms with Gasteiger partial charge < -0.3 is 10.1 Å². The number of nitrogens with one attached hydrogen (secondary N) is 1. The molecule has 2 aliphatic rings. The van der Waals surface area contributed by atoms with E-state index >= 15 is 0 Å². The van der Waals surface area contributed by atoms with Gasteiger partial charge in [0, 0.05) is 11.5 Å². The third-order valence-corrected chi connectivity index (χ3v) is 3.53. The summed E-state index contributed by atoms with van der Waals surface area (Å²) in [5.41, 5.74) is 0. The lowest BCUT2D eigenvalue weighted by molar-refractivity contribution is -0.120. The third kappa shape index (κ3) is 2.52. The first kappa shape index (κ1) is 11.0. The fourth-order valence-corrected chi connectivity index (χ4v) is 2.60. The Morgan fingerprint density at radius 1 is 1.67 bits per heavy atom.